The first-order valence-corrected chi connectivity index (χ1v) is 5.38. The van der Waals surface area contributed by atoms with E-state index in [1.165, 1.54) is 25.8 Å². The molecule has 7 nitrogen and oxygen atoms in total. The van der Waals surface area contributed by atoms with E-state index in [1.54, 1.807) is 16.7 Å². The van der Waals surface area contributed by atoms with Crippen LogP contribution < -0.4 is 0 Å². The van der Waals surface area contributed by atoms with Crippen LogP contribution >= 0.6 is 0 Å². The average Bonchev–Trinajstić information content (AvgIpc) is 2.87. The number of hydrogen-bond donors (Lipinski definition) is 1. The van der Waals surface area contributed by atoms with Crippen LogP contribution in [0.4, 0.5) is 0 Å². The summed E-state index contributed by atoms with van der Waals surface area (Å²) in [6, 6.07) is 3.27. The molecule has 19 heavy (non-hydrogen) atoms. The van der Waals surface area contributed by atoms with Crippen molar-refractivity contribution in [1.82, 2.24) is 14.5 Å². The molecule has 0 atom stereocenters. The molecular weight excluding hydrogens is 250 g/mol. The second-order valence-electron chi connectivity index (χ2n) is 3.77. The first kappa shape index (κ1) is 12.7. The predicted molar refractivity (Wildman–Crippen MR) is 63.9 cm³/mol. The summed E-state index contributed by atoms with van der Waals surface area (Å²) < 4.78 is 6.17. The van der Waals surface area contributed by atoms with E-state index in [9.17, 15) is 9.59 Å². The van der Waals surface area contributed by atoms with Gasteiger partial charge in [0.1, 0.15) is 0 Å². The highest BCUT2D eigenvalue weighted by Gasteiger charge is 2.08. The highest BCUT2D eigenvalue weighted by molar-refractivity contribution is 5.88. The number of imidazole rings is 1. The molecule has 2 aromatic heterocycles. The van der Waals surface area contributed by atoms with Gasteiger partial charge in [-0.2, -0.15) is 0 Å². The molecule has 0 aliphatic rings. The molecule has 1 N–H and O–H groups in total. The first-order chi connectivity index (χ1) is 9.10. The van der Waals surface area contributed by atoms with E-state index in [1.807, 2.05) is 0 Å². The summed E-state index contributed by atoms with van der Waals surface area (Å²) in [5.74, 6) is -1.53. The van der Waals surface area contributed by atoms with Crippen molar-refractivity contribution in [3.8, 4) is 0 Å². The van der Waals surface area contributed by atoms with Crippen LogP contribution in [0.1, 0.15) is 26.5 Å². The van der Waals surface area contributed by atoms with Crippen LogP contribution in [0.2, 0.25) is 0 Å². The molecule has 0 aromatic carbocycles. The number of carboxylic acids is 1. The van der Waals surface area contributed by atoms with Crippen LogP contribution in [0, 0.1) is 0 Å². The molecule has 0 aliphatic carbocycles. The van der Waals surface area contributed by atoms with Gasteiger partial charge >= 0.3 is 11.9 Å². The Morgan fingerprint density at radius 3 is 2.68 bits per heavy atom. The van der Waals surface area contributed by atoms with Crippen molar-refractivity contribution in [2.24, 2.45) is 0 Å². The van der Waals surface area contributed by atoms with Crippen LogP contribution in [0.5, 0.6) is 0 Å². The number of carbonyl (C=O) groups excluding carboxylic acids is 1. The molecule has 0 fully saturated rings. The van der Waals surface area contributed by atoms with Gasteiger partial charge in [0.25, 0.3) is 0 Å². The fourth-order valence-electron chi connectivity index (χ4n) is 1.50. The van der Waals surface area contributed by atoms with Gasteiger partial charge in [-0.05, 0) is 12.1 Å². The van der Waals surface area contributed by atoms with E-state index in [0.29, 0.717) is 17.8 Å². The summed E-state index contributed by atoms with van der Waals surface area (Å²) in [6.07, 6.45) is 4.24. The zero-order chi connectivity index (χ0) is 13.8. The summed E-state index contributed by atoms with van der Waals surface area (Å²) >= 11 is 0. The Kier molecular flexibility index (Phi) is 3.56. The molecule has 0 saturated heterocycles. The highest BCUT2D eigenvalue weighted by atomic mass is 16.5. The molecule has 2 rings (SSSR count). The third-order valence-corrected chi connectivity index (χ3v) is 2.44. The molecule has 2 aromatic rings. The molecule has 0 radical (unpaired) electrons. The number of rotatable bonds is 4. The Morgan fingerprint density at radius 2 is 2.16 bits per heavy atom. The van der Waals surface area contributed by atoms with Gasteiger partial charge in [0.05, 0.1) is 31.2 Å². The minimum atomic E-state index is -1.08. The number of nitrogens with zero attached hydrogens (tertiary/aromatic N) is 3. The van der Waals surface area contributed by atoms with E-state index in [-0.39, 0.29) is 5.69 Å². The quantitative estimate of drug-likeness (QED) is 0.818. The molecule has 7 heteroatoms. The van der Waals surface area contributed by atoms with Crippen molar-refractivity contribution in [2.75, 3.05) is 7.11 Å². The lowest BCUT2D eigenvalue weighted by molar-refractivity contribution is 0.0599. The topological polar surface area (TPSA) is 94.3 Å². The lowest BCUT2D eigenvalue weighted by Crippen LogP contribution is -2.04. The zero-order valence-corrected chi connectivity index (χ0v) is 10.1. The monoisotopic (exact) mass is 261 g/mol. The molecular formula is C12H11N3O4. The number of hydrogen-bond acceptors (Lipinski definition) is 5. The van der Waals surface area contributed by atoms with Crippen molar-refractivity contribution in [1.29, 1.82) is 0 Å². The first-order valence-electron chi connectivity index (χ1n) is 5.38. The summed E-state index contributed by atoms with van der Waals surface area (Å²) in [7, 11) is 1.30. The van der Waals surface area contributed by atoms with E-state index in [2.05, 4.69) is 14.7 Å². The molecule has 0 amide bonds. The van der Waals surface area contributed by atoms with Crippen LogP contribution in [0.25, 0.3) is 0 Å². The maximum Gasteiger partial charge on any atom is 0.356 e. The minimum Gasteiger partial charge on any atom is -0.476 e. The molecule has 0 unspecified atom stereocenters. The van der Waals surface area contributed by atoms with Crippen molar-refractivity contribution in [2.45, 2.75) is 6.54 Å². The number of carbonyl (C=O) groups is 2. The minimum absolute atomic E-state index is 0.0221. The number of methoxy groups -OCH3 is 1. The molecule has 0 saturated carbocycles. The summed E-state index contributed by atoms with van der Waals surface area (Å²) in [4.78, 5) is 29.7. The van der Waals surface area contributed by atoms with Gasteiger partial charge in [-0.15, -0.1) is 0 Å². The summed E-state index contributed by atoms with van der Waals surface area (Å²) in [6.45, 7) is 0.377. The van der Waals surface area contributed by atoms with Crippen LogP contribution in [0.15, 0.2) is 30.9 Å². The number of aromatic carboxylic acids is 1. The van der Waals surface area contributed by atoms with E-state index < -0.39 is 11.9 Å². The van der Waals surface area contributed by atoms with Crippen molar-refractivity contribution in [3.63, 3.8) is 0 Å². The molecule has 98 valence electrons. The zero-order valence-electron chi connectivity index (χ0n) is 10.1. The SMILES string of the molecule is COC(=O)c1ccc(Cn2cnc(C(=O)O)c2)nc1. The molecule has 0 spiro atoms. The van der Waals surface area contributed by atoms with Crippen LogP contribution in [-0.4, -0.2) is 38.7 Å². The number of carboxylic acid groups (broad SMARTS) is 1. The highest BCUT2D eigenvalue weighted by Crippen LogP contribution is 2.05. The fraction of sp³-hybridized carbons (Fsp3) is 0.167. The van der Waals surface area contributed by atoms with E-state index in [4.69, 9.17) is 5.11 Å². The number of ether oxygens (including phenoxy) is 1. The van der Waals surface area contributed by atoms with E-state index in [0.717, 1.165) is 0 Å². The smallest absolute Gasteiger partial charge is 0.356 e. The van der Waals surface area contributed by atoms with E-state index >= 15 is 0 Å². The van der Waals surface area contributed by atoms with Gasteiger partial charge in [-0.25, -0.2) is 14.6 Å². The average molecular weight is 261 g/mol. The van der Waals surface area contributed by atoms with Gasteiger partial charge < -0.3 is 14.4 Å². The predicted octanol–water partition coefficient (Wildman–Crippen LogP) is 0.811. The fourth-order valence-corrected chi connectivity index (χ4v) is 1.50. The van der Waals surface area contributed by atoms with Crippen LogP contribution in [-0.2, 0) is 11.3 Å². The lowest BCUT2D eigenvalue weighted by Gasteiger charge is -2.03. The van der Waals surface area contributed by atoms with Crippen molar-refractivity contribution >= 4 is 11.9 Å². The Balaban J connectivity index is 2.10. The van der Waals surface area contributed by atoms with Gasteiger partial charge in [-0.1, -0.05) is 0 Å². The normalized spacial score (nSPS) is 10.2. The van der Waals surface area contributed by atoms with Gasteiger partial charge in [0, 0.05) is 12.4 Å². The molecule has 0 aliphatic heterocycles. The van der Waals surface area contributed by atoms with Crippen molar-refractivity contribution in [3.05, 3.63) is 47.8 Å². The molecule has 2 heterocycles. The summed E-state index contributed by atoms with van der Waals surface area (Å²) in [5.41, 5.74) is 1.02. The third-order valence-electron chi connectivity index (χ3n) is 2.44. The Bertz CT molecular complexity index is 604. The Labute approximate surface area is 108 Å². The van der Waals surface area contributed by atoms with Crippen LogP contribution in [0.3, 0.4) is 0 Å². The van der Waals surface area contributed by atoms with Gasteiger partial charge in [0.15, 0.2) is 5.69 Å². The lowest BCUT2D eigenvalue weighted by atomic mass is 10.2. The maximum absolute atomic E-state index is 11.2. The Hall–Kier alpha value is -2.70. The number of esters is 1. The van der Waals surface area contributed by atoms with Gasteiger partial charge in [0.2, 0.25) is 0 Å². The second kappa shape index (κ2) is 5.30. The number of aromatic nitrogens is 3. The third kappa shape index (κ3) is 2.95. The van der Waals surface area contributed by atoms with Crippen molar-refractivity contribution < 1.29 is 19.4 Å². The summed E-state index contributed by atoms with van der Waals surface area (Å²) in [5, 5.41) is 8.75. The Morgan fingerprint density at radius 1 is 1.37 bits per heavy atom. The second-order valence-corrected chi connectivity index (χ2v) is 3.77. The van der Waals surface area contributed by atoms with Gasteiger partial charge in [-0.3, -0.25) is 4.98 Å². The number of pyridine rings is 1. The maximum atomic E-state index is 11.2. The molecule has 0 bridgehead atoms. The standard InChI is InChI=1S/C12H11N3O4/c1-19-12(18)8-2-3-9(13-4-8)5-15-6-10(11(16)17)14-7-15/h2-4,6-7H,5H2,1H3,(H,16,17). The largest absolute Gasteiger partial charge is 0.476 e.